The summed E-state index contributed by atoms with van der Waals surface area (Å²) in [5.74, 6) is 2.72. The lowest BCUT2D eigenvalue weighted by Gasteiger charge is -2.34. The van der Waals surface area contributed by atoms with Crippen LogP contribution < -0.4 is 5.73 Å². The van der Waals surface area contributed by atoms with Crippen LogP contribution in [0.15, 0.2) is 4.52 Å². The number of halogens is 1. The average molecular weight is 264 g/mol. The molecule has 0 saturated heterocycles. The molecule has 1 atom stereocenters. The summed E-state index contributed by atoms with van der Waals surface area (Å²) in [6.07, 6.45) is 5.19. The van der Waals surface area contributed by atoms with E-state index in [2.05, 4.69) is 23.3 Å². The minimum atomic E-state index is -0.305. The Morgan fingerprint density at radius 3 is 2.75 bits per heavy atom. The molecular formula is C10H18ClN3OS. The van der Waals surface area contributed by atoms with Crippen molar-refractivity contribution in [1.82, 2.24) is 10.1 Å². The second-order valence-electron chi connectivity index (χ2n) is 4.32. The smallest absolute Gasteiger partial charge is 0.230 e. The van der Waals surface area contributed by atoms with Crippen molar-refractivity contribution in [3.05, 3.63) is 11.7 Å². The molecule has 0 amide bonds. The van der Waals surface area contributed by atoms with Gasteiger partial charge < -0.3 is 10.3 Å². The maximum Gasteiger partial charge on any atom is 0.230 e. The van der Waals surface area contributed by atoms with Gasteiger partial charge in [-0.1, -0.05) is 12.1 Å². The zero-order valence-electron chi connectivity index (χ0n) is 9.60. The summed E-state index contributed by atoms with van der Waals surface area (Å²) in [4.78, 5) is 4.41. The van der Waals surface area contributed by atoms with Crippen molar-refractivity contribution in [3.8, 4) is 0 Å². The molecule has 1 aliphatic carbocycles. The average Bonchev–Trinajstić information content (AvgIpc) is 2.63. The van der Waals surface area contributed by atoms with Crippen molar-refractivity contribution in [2.75, 3.05) is 12.0 Å². The standard InChI is InChI=1S/C10H17N3OS.ClH/c1-7(6-15-2)8-12-9(13-14-8)10(11)4-3-5-10;/h7H,3-6,11H2,1-2H3;1H. The third-order valence-electron chi connectivity index (χ3n) is 2.97. The Hall–Kier alpha value is -0.260. The topological polar surface area (TPSA) is 64.9 Å². The second kappa shape index (κ2) is 5.38. The lowest BCUT2D eigenvalue weighted by Crippen LogP contribution is -2.44. The van der Waals surface area contributed by atoms with E-state index >= 15 is 0 Å². The van der Waals surface area contributed by atoms with Gasteiger partial charge >= 0.3 is 0 Å². The molecule has 16 heavy (non-hydrogen) atoms. The summed E-state index contributed by atoms with van der Waals surface area (Å²) in [6, 6.07) is 0. The van der Waals surface area contributed by atoms with Gasteiger partial charge in [-0.15, -0.1) is 12.4 Å². The number of rotatable bonds is 4. The van der Waals surface area contributed by atoms with Crippen molar-refractivity contribution in [2.45, 2.75) is 37.6 Å². The van der Waals surface area contributed by atoms with Gasteiger partial charge in [-0.2, -0.15) is 16.7 Å². The fourth-order valence-electron chi connectivity index (χ4n) is 1.74. The van der Waals surface area contributed by atoms with Crippen LogP contribution in [0.5, 0.6) is 0 Å². The van der Waals surface area contributed by atoms with E-state index in [0.29, 0.717) is 11.7 Å². The zero-order chi connectivity index (χ0) is 10.9. The molecule has 6 heteroatoms. The van der Waals surface area contributed by atoms with Crippen molar-refractivity contribution in [1.29, 1.82) is 0 Å². The van der Waals surface area contributed by atoms with Gasteiger partial charge in [0, 0.05) is 11.7 Å². The minimum absolute atomic E-state index is 0. The zero-order valence-corrected chi connectivity index (χ0v) is 11.2. The number of hydrogen-bond acceptors (Lipinski definition) is 5. The van der Waals surface area contributed by atoms with Crippen molar-refractivity contribution in [2.24, 2.45) is 5.73 Å². The number of nitrogens with zero attached hydrogens (tertiary/aromatic N) is 2. The van der Waals surface area contributed by atoms with Crippen molar-refractivity contribution in [3.63, 3.8) is 0 Å². The first-order valence-electron chi connectivity index (χ1n) is 5.27. The normalized spacial score (nSPS) is 19.7. The summed E-state index contributed by atoms with van der Waals surface area (Å²) in [5.41, 5.74) is 5.82. The van der Waals surface area contributed by atoms with E-state index in [0.717, 1.165) is 24.5 Å². The molecule has 0 spiro atoms. The maximum atomic E-state index is 6.12. The maximum absolute atomic E-state index is 6.12. The molecule has 1 aromatic heterocycles. The first-order chi connectivity index (χ1) is 7.15. The fraction of sp³-hybridized carbons (Fsp3) is 0.800. The predicted octanol–water partition coefficient (Wildman–Crippen LogP) is 2.30. The predicted molar refractivity (Wildman–Crippen MR) is 68.1 cm³/mol. The number of aromatic nitrogens is 2. The summed E-state index contributed by atoms with van der Waals surface area (Å²) in [7, 11) is 0. The molecule has 0 aliphatic heterocycles. The molecular weight excluding hydrogens is 246 g/mol. The monoisotopic (exact) mass is 263 g/mol. The molecule has 1 saturated carbocycles. The molecule has 2 rings (SSSR count). The first kappa shape index (κ1) is 13.8. The largest absolute Gasteiger partial charge is 0.339 e. The van der Waals surface area contributed by atoms with Crippen LogP contribution >= 0.6 is 24.2 Å². The Balaban J connectivity index is 0.00000128. The summed E-state index contributed by atoms with van der Waals surface area (Å²) in [6.45, 7) is 2.09. The first-order valence-corrected chi connectivity index (χ1v) is 6.67. The van der Waals surface area contributed by atoms with Crippen LogP contribution in [0.25, 0.3) is 0 Å². The highest BCUT2D eigenvalue weighted by Gasteiger charge is 2.39. The van der Waals surface area contributed by atoms with Gasteiger partial charge in [0.2, 0.25) is 5.89 Å². The number of nitrogens with two attached hydrogens (primary N) is 1. The van der Waals surface area contributed by atoms with Gasteiger partial charge in [0.1, 0.15) is 0 Å². The van der Waals surface area contributed by atoms with Crippen LogP contribution in [0.3, 0.4) is 0 Å². The summed E-state index contributed by atoms with van der Waals surface area (Å²) in [5, 5.41) is 3.99. The Kier molecular flexibility index (Phi) is 4.64. The van der Waals surface area contributed by atoms with Gasteiger partial charge in [-0.3, -0.25) is 0 Å². The highest BCUT2D eigenvalue weighted by molar-refractivity contribution is 7.98. The van der Waals surface area contributed by atoms with E-state index in [1.54, 1.807) is 11.8 Å². The summed E-state index contributed by atoms with van der Waals surface area (Å²) >= 11 is 1.78. The molecule has 1 fully saturated rings. The quantitative estimate of drug-likeness (QED) is 0.903. The molecule has 4 nitrogen and oxygen atoms in total. The molecule has 92 valence electrons. The molecule has 2 N–H and O–H groups in total. The molecule has 0 aromatic carbocycles. The van der Waals surface area contributed by atoms with Gasteiger partial charge in [-0.05, 0) is 25.5 Å². The fourth-order valence-corrected chi connectivity index (χ4v) is 2.38. The Labute approximate surface area is 106 Å². The molecule has 1 aromatic rings. The third-order valence-corrected chi connectivity index (χ3v) is 3.80. The highest BCUT2D eigenvalue weighted by atomic mass is 35.5. The van der Waals surface area contributed by atoms with Crippen molar-refractivity contribution >= 4 is 24.2 Å². The Bertz CT molecular complexity index is 341. The Morgan fingerprint density at radius 2 is 2.25 bits per heavy atom. The molecule has 0 bridgehead atoms. The van der Waals surface area contributed by atoms with Gasteiger partial charge in [0.05, 0.1) is 5.54 Å². The van der Waals surface area contributed by atoms with Crippen LogP contribution in [-0.2, 0) is 5.54 Å². The van der Waals surface area contributed by atoms with Gasteiger partial charge in [0.15, 0.2) is 5.82 Å². The third kappa shape index (κ3) is 2.52. The van der Waals surface area contributed by atoms with Crippen molar-refractivity contribution < 1.29 is 4.52 Å². The van der Waals surface area contributed by atoms with Gasteiger partial charge in [-0.25, -0.2) is 0 Å². The second-order valence-corrected chi connectivity index (χ2v) is 5.23. The van der Waals surface area contributed by atoms with Crippen LogP contribution in [0.1, 0.15) is 43.8 Å². The van der Waals surface area contributed by atoms with E-state index in [9.17, 15) is 0 Å². The van der Waals surface area contributed by atoms with E-state index in [-0.39, 0.29) is 17.9 Å². The highest BCUT2D eigenvalue weighted by Crippen LogP contribution is 2.37. The lowest BCUT2D eigenvalue weighted by atomic mass is 9.77. The number of hydrogen-bond donors (Lipinski definition) is 1. The SMILES string of the molecule is CSCC(C)c1nc(C2(N)CCC2)no1.Cl. The molecule has 1 aliphatic rings. The van der Waals surface area contributed by atoms with Crippen LogP contribution in [-0.4, -0.2) is 22.1 Å². The van der Waals surface area contributed by atoms with Crippen LogP contribution in [0, 0.1) is 0 Å². The molecule has 0 radical (unpaired) electrons. The number of thioether (sulfide) groups is 1. The van der Waals surface area contributed by atoms with E-state index in [1.165, 1.54) is 6.42 Å². The van der Waals surface area contributed by atoms with Crippen LogP contribution in [0.4, 0.5) is 0 Å². The van der Waals surface area contributed by atoms with E-state index in [1.807, 2.05) is 0 Å². The Morgan fingerprint density at radius 1 is 1.56 bits per heavy atom. The van der Waals surface area contributed by atoms with Crippen LogP contribution in [0.2, 0.25) is 0 Å². The molecule has 1 unspecified atom stereocenters. The summed E-state index contributed by atoms with van der Waals surface area (Å²) < 4.78 is 5.25. The minimum Gasteiger partial charge on any atom is -0.339 e. The molecule has 1 heterocycles. The van der Waals surface area contributed by atoms with Gasteiger partial charge in [0.25, 0.3) is 0 Å². The van der Waals surface area contributed by atoms with E-state index < -0.39 is 0 Å². The lowest BCUT2D eigenvalue weighted by molar-refractivity contribution is 0.228. The van der Waals surface area contributed by atoms with E-state index in [4.69, 9.17) is 10.3 Å².